The lowest BCUT2D eigenvalue weighted by Crippen LogP contribution is -2.08. The largest absolute Gasteiger partial charge is 0.478 e. The Hall–Kier alpha value is -1.36. The second kappa shape index (κ2) is 8.73. The summed E-state index contributed by atoms with van der Waals surface area (Å²) in [6, 6.07) is 0. The highest BCUT2D eigenvalue weighted by atomic mass is 16.4. The van der Waals surface area contributed by atoms with E-state index in [4.69, 9.17) is 10.2 Å². The summed E-state index contributed by atoms with van der Waals surface area (Å²) >= 11 is 0. The van der Waals surface area contributed by atoms with E-state index in [0.29, 0.717) is 12.2 Å². The number of rotatable bonds is 3. The minimum Gasteiger partial charge on any atom is -0.478 e. The lowest BCUT2D eigenvalue weighted by molar-refractivity contribution is -0.134. The van der Waals surface area contributed by atoms with E-state index in [2.05, 4.69) is 25.9 Å². The second-order valence-corrected chi connectivity index (χ2v) is 2.41. The van der Waals surface area contributed by atoms with Gasteiger partial charge in [0.15, 0.2) is 0 Å². The Bertz CT molecular complexity index is 171. The van der Waals surface area contributed by atoms with Crippen LogP contribution in [0.2, 0.25) is 0 Å². The molecule has 5 nitrogen and oxygen atoms in total. The SMILES string of the molecule is CCN(C)C.O=C(O)/C=C\C(=O)O. The summed E-state index contributed by atoms with van der Waals surface area (Å²) < 4.78 is 0. The number of aliphatic carboxylic acids is 2. The average Bonchev–Trinajstić information content (AvgIpc) is 2.02. The van der Waals surface area contributed by atoms with Crippen LogP contribution in [0.3, 0.4) is 0 Å². The first-order chi connectivity index (χ1) is 5.90. The van der Waals surface area contributed by atoms with Crippen LogP contribution in [-0.4, -0.2) is 47.7 Å². The van der Waals surface area contributed by atoms with Crippen molar-refractivity contribution in [1.82, 2.24) is 4.90 Å². The Morgan fingerprint density at radius 1 is 1.15 bits per heavy atom. The summed E-state index contributed by atoms with van der Waals surface area (Å²) in [6.45, 7) is 3.26. The van der Waals surface area contributed by atoms with Crippen LogP contribution in [0.25, 0.3) is 0 Å². The molecule has 0 aliphatic heterocycles. The Labute approximate surface area is 77.3 Å². The van der Waals surface area contributed by atoms with E-state index in [1.807, 2.05) is 0 Å². The van der Waals surface area contributed by atoms with Gasteiger partial charge in [0.2, 0.25) is 0 Å². The Morgan fingerprint density at radius 3 is 1.46 bits per heavy atom. The van der Waals surface area contributed by atoms with Crippen LogP contribution in [0.4, 0.5) is 0 Å². The van der Waals surface area contributed by atoms with E-state index in [-0.39, 0.29) is 0 Å². The fraction of sp³-hybridized carbons (Fsp3) is 0.500. The summed E-state index contributed by atoms with van der Waals surface area (Å²) in [7, 11) is 4.11. The van der Waals surface area contributed by atoms with Crippen molar-refractivity contribution < 1.29 is 19.8 Å². The Balaban J connectivity index is 0. The summed E-state index contributed by atoms with van der Waals surface area (Å²) in [4.78, 5) is 21.2. The number of hydrogen-bond acceptors (Lipinski definition) is 3. The Morgan fingerprint density at radius 2 is 1.38 bits per heavy atom. The lowest BCUT2D eigenvalue weighted by Gasteiger charge is -2.00. The van der Waals surface area contributed by atoms with Crippen molar-refractivity contribution in [2.45, 2.75) is 6.92 Å². The Kier molecular flexibility index (Phi) is 9.53. The van der Waals surface area contributed by atoms with Gasteiger partial charge in [-0.3, -0.25) is 0 Å². The molecule has 0 aliphatic rings. The second-order valence-electron chi connectivity index (χ2n) is 2.41. The molecule has 0 bridgehead atoms. The third kappa shape index (κ3) is 25.0. The van der Waals surface area contributed by atoms with E-state index < -0.39 is 11.9 Å². The van der Waals surface area contributed by atoms with Gasteiger partial charge >= 0.3 is 11.9 Å². The van der Waals surface area contributed by atoms with E-state index in [1.165, 1.54) is 0 Å². The molecule has 5 heteroatoms. The van der Waals surface area contributed by atoms with Crippen molar-refractivity contribution in [2.24, 2.45) is 0 Å². The van der Waals surface area contributed by atoms with Crippen LogP contribution < -0.4 is 0 Å². The van der Waals surface area contributed by atoms with Gasteiger partial charge in [0, 0.05) is 12.2 Å². The smallest absolute Gasteiger partial charge is 0.328 e. The normalized spacial score (nSPS) is 9.54. The molecule has 0 aromatic carbocycles. The van der Waals surface area contributed by atoms with Crippen molar-refractivity contribution in [3.05, 3.63) is 12.2 Å². The van der Waals surface area contributed by atoms with Crippen molar-refractivity contribution in [3.63, 3.8) is 0 Å². The van der Waals surface area contributed by atoms with E-state index >= 15 is 0 Å². The molecule has 13 heavy (non-hydrogen) atoms. The van der Waals surface area contributed by atoms with Crippen LogP contribution in [0, 0.1) is 0 Å². The van der Waals surface area contributed by atoms with E-state index in [0.717, 1.165) is 6.54 Å². The molecule has 0 aromatic rings. The average molecular weight is 189 g/mol. The topological polar surface area (TPSA) is 77.8 Å². The fourth-order valence-electron chi connectivity index (χ4n) is 0.143. The molecular weight excluding hydrogens is 174 g/mol. The molecule has 76 valence electrons. The maximum absolute atomic E-state index is 9.55. The third-order valence-electron chi connectivity index (χ3n) is 1.00. The lowest BCUT2D eigenvalue weighted by atomic mass is 10.5. The van der Waals surface area contributed by atoms with Crippen LogP contribution in [0.5, 0.6) is 0 Å². The molecular formula is C8H15NO4. The van der Waals surface area contributed by atoms with Crippen molar-refractivity contribution >= 4 is 11.9 Å². The first-order valence-electron chi connectivity index (χ1n) is 3.68. The van der Waals surface area contributed by atoms with Gasteiger partial charge in [-0.05, 0) is 20.6 Å². The summed E-state index contributed by atoms with van der Waals surface area (Å²) in [6.07, 6.45) is 1.12. The first-order valence-corrected chi connectivity index (χ1v) is 3.68. The minimum absolute atomic E-state index is 0.558. The molecule has 0 fully saturated rings. The highest BCUT2D eigenvalue weighted by Gasteiger charge is 1.88. The third-order valence-corrected chi connectivity index (χ3v) is 1.00. The molecule has 0 atom stereocenters. The molecule has 0 aromatic heterocycles. The fourth-order valence-corrected chi connectivity index (χ4v) is 0.143. The van der Waals surface area contributed by atoms with Crippen molar-refractivity contribution in [3.8, 4) is 0 Å². The van der Waals surface area contributed by atoms with Crippen LogP contribution in [-0.2, 0) is 9.59 Å². The number of carboxylic acids is 2. The number of nitrogens with zero attached hydrogens (tertiary/aromatic N) is 1. The van der Waals surface area contributed by atoms with Gasteiger partial charge in [0.05, 0.1) is 0 Å². The van der Waals surface area contributed by atoms with Gasteiger partial charge in [0.1, 0.15) is 0 Å². The summed E-state index contributed by atoms with van der Waals surface area (Å²) in [5.74, 6) is -2.51. The zero-order chi connectivity index (χ0) is 10.9. The number of hydrogen-bond donors (Lipinski definition) is 2. The predicted molar refractivity (Wildman–Crippen MR) is 48.6 cm³/mol. The van der Waals surface area contributed by atoms with Crippen molar-refractivity contribution in [1.29, 1.82) is 0 Å². The maximum Gasteiger partial charge on any atom is 0.328 e. The molecule has 0 unspecified atom stereocenters. The monoisotopic (exact) mass is 189 g/mol. The van der Waals surface area contributed by atoms with E-state index in [1.54, 1.807) is 0 Å². The standard InChI is InChI=1S/C4H11N.C4H4O4/c1-4-5(2)3;5-3(6)1-2-4(7)8/h4H2,1-3H3;1-2H,(H,5,6)(H,7,8)/b;2-1-. The molecule has 0 saturated carbocycles. The number of carbonyl (C=O) groups is 2. The highest BCUT2D eigenvalue weighted by molar-refractivity contribution is 5.89. The van der Waals surface area contributed by atoms with Gasteiger partial charge in [-0.1, -0.05) is 6.92 Å². The zero-order valence-corrected chi connectivity index (χ0v) is 8.02. The molecule has 0 rings (SSSR count). The summed E-state index contributed by atoms with van der Waals surface area (Å²) in [5, 5.41) is 15.6. The molecule has 0 heterocycles. The van der Waals surface area contributed by atoms with Crippen molar-refractivity contribution in [2.75, 3.05) is 20.6 Å². The van der Waals surface area contributed by atoms with Gasteiger partial charge in [-0.25, -0.2) is 9.59 Å². The first kappa shape index (κ1) is 14.2. The van der Waals surface area contributed by atoms with Gasteiger partial charge in [-0.2, -0.15) is 0 Å². The maximum atomic E-state index is 9.55. The van der Waals surface area contributed by atoms with Crippen LogP contribution in [0.15, 0.2) is 12.2 Å². The van der Waals surface area contributed by atoms with Gasteiger partial charge in [-0.15, -0.1) is 0 Å². The van der Waals surface area contributed by atoms with E-state index in [9.17, 15) is 9.59 Å². The van der Waals surface area contributed by atoms with Crippen LogP contribution >= 0.6 is 0 Å². The van der Waals surface area contributed by atoms with Gasteiger partial charge in [0.25, 0.3) is 0 Å². The summed E-state index contributed by atoms with van der Waals surface area (Å²) in [5.41, 5.74) is 0. The van der Waals surface area contributed by atoms with Gasteiger partial charge < -0.3 is 15.1 Å². The molecule has 0 aliphatic carbocycles. The number of carboxylic acid groups (broad SMARTS) is 2. The molecule has 2 N–H and O–H groups in total. The molecule has 0 spiro atoms. The minimum atomic E-state index is -1.26. The molecule has 0 radical (unpaired) electrons. The highest BCUT2D eigenvalue weighted by Crippen LogP contribution is 1.70. The molecule has 0 saturated heterocycles. The molecule has 0 amide bonds. The quantitative estimate of drug-likeness (QED) is 0.623. The predicted octanol–water partition coefficient (Wildman–Crippen LogP) is 0.280. The van der Waals surface area contributed by atoms with Crippen LogP contribution in [0.1, 0.15) is 6.92 Å². The zero-order valence-electron chi connectivity index (χ0n) is 8.02.